The van der Waals surface area contributed by atoms with Gasteiger partial charge in [-0.15, -0.1) is 0 Å². The summed E-state index contributed by atoms with van der Waals surface area (Å²) in [6.07, 6.45) is 5.91. The first-order valence-corrected chi connectivity index (χ1v) is 4.42. The van der Waals surface area contributed by atoms with E-state index in [2.05, 4.69) is 26.7 Å². The van der Waals surface area contributed by atoms with Gasteiger partial charge in [0.15, 0.2) is 0 Å². The number of likely N-dealkylation sites (N-methyl/N-ethyl adjacent to an activating group) is 1. The molecule has 0 radical (unpaired) electrons. The van der Waals surface area contributed by atoms with Crippen LogP contribution in [0.3, 0.4) is 0 Å². The highest BCUT2D eigenvalue weighted by molar-refractivity contribution is 4.75. The minimum Gasteiger partial charge on any atom is -1.00 e. The van der Waals surface area contributed by atoms with Crippen LogP contribution < -0.4 is 24.0 Å². The van der Waals surface area contributed by atoms with Gasteiger partial charge in [0.05, 0.1) is 26.2 Å². The fourth-order valence-electron chi connectivity index (χ4n) is 1.43. The molecule has 0 aromatic carbocycles. The molecular weight excluding hydrogens is 273 g/mol. The van der Waals surface area contributed by atoms with Gasteiger partial charge in [0, 0.05) is 0 Å². The third-order valence-electron chi connectivity index (χ3n) is 2.22. The van der Waals surface area contributed by atoms with Crippen molar-refractivity contribution in [3.05, 3.63) is 38.0 Å². The van der Waals surface area contributed by atoms with Crippen LogP contribution in [0.1, 0.15) is 6.92 Å². The first kappa shape index (κ1) is 15.4. The maximum Gasteiger partial charge on any atom is 0.0975 e. The van der Waals surface area contributed by atoms with Gasteiger partial charge in [-0.1, -0.05) is 19.7 Å². The molecule has 0 aliphatic carbocycles. The zero-order valence-electron chi connectivity index (χ0n) is 8.51. The molecule has 0 saturated carbocycles. The van der Waals surface area contributed by atoms with Crippen LogP contribution in [-0.4, -0.2) is 30.7 Å². The van der Waals surface area contributed by atoms with Gasteiger partial charge in [0.25, 0.3) is 0 Å². The predicted octanol–water partition coefficient (Wildman–Crippen LogP) is -0.615. The molecule has 0 spiro atoms. The van der Waals surface area contributed by atoms with Crippen molar-refractivity contribution < 1.29 is 28.5 Å². The van der Waals surface area contributed by atoms with Crippen LogP contribution in [0.2, 0.25) is 0 Å². The molecule has 0 rings (SSSR count). The Morgan fingerprint density at radius 3 is 1.38 bits per heavy atom. The Kier molecular flexibility index (Phi) is 10.1. The van der Waals surface area contributed by atoms with Gasteiger partial charge in [-0.2, -0.15) is 0 Å². The minimum atomic E-state index is 0. The smallest absolute Gasteiger partial charge is 0.0975 e. The van der Waals surface area contributed by atoms with Gasteiger partial charge in [0.1, 0.15) is 0 Å². The molecule has 0 bridgehead atoms. The van der Waals surface area contributed by atoms with E-state index in [1.54, 1.807) is 0 Å². The van der Waals surface area contributed by atoms with Crippen LogP contribution in [0.5, 0.6) is 0 Å². The number of hydrogen-bond acceptors (Lipinski definition) is 0. The van der Waals surface area contributed by atoms with E-state index in [0.717, 1.165) is 30.7 Å². The highest BCUT2D eigenvalue weighted by Crippen LogP contribution is 2.06. The second kappa shape index (κ2) is 8.51. The number of nitrogens with zero attached hydrogens (tertiary/aromatic N) is 1. The molecule has 0 fully saturated rings. The van der Waals surface area contributed by atoms with E-state index in [4.69, 9.17) is 0 Å². The first-order valence-electron chi connectivity index (χ1n) is 4.42. The minimum absolute atomic E-state index is 0. The van der Waals surface area contributed by atoms with E-state index in [1.165, 1.54) is 0 Å². The third-order valence-corrected chi connectivity index (χ3v) is 2.22. The molecule has 0 aliphatic rings. The van der Waals surface area contributed by atoms with Gasteiger partial charge >= 0.3 is 0 Å². The lowest BCUT2D eigenvalue weighted by molar-refractivity contribution is -0.910. The second-order valence-electron chi connectivity index (χ2n) is 3.07. The molecule has 0 aromatic rings. The molecule has 13 heavy (non-hydrogen) atoms. The second-order valence-corrected chi connectivity index (χ2v) is 3.07. The normalized spacial score (nSPS) is 9.92. The Labute approximate surface area is 99.4 Å². The Morgan fingerprint density at radius 1 is 0.923 bits per heavy atom. The summed E-state index contributed by atoms with van der Waals surface area (Å²) in [5.74, 6) is 0. The summed E-state index contributed by atoms with van der Waals surface area (Å²) < 4.78 is 0.997. The van der Waals surface area contributed by atoms with Gasteiger partial charge in [0.2, 0.25) is 0 Å². The van der Waals surface area contributed by atoms with Gasteiger partial charge in [-0.3, -0.25) is 0 Å². The van der Waals surface area contributed by atoms with Crippen molar-refractivity contribution in [2.24, 2.45) is 0 Å². The van der Waals surface area contributed by atoms with Crippen molar-refractivity contribution in [3.8, 4) is 0 Å². The van der Waals surface area contributed by atoms with Gasteiger partial charge in [-0.25, -0.2) is 0 Å². The molecule has 2 heteroatoms. The van der Waals surface area contributed by atoms with Crippen molar-refractivity contribution >= 4 is 0 Å². The lowest BCUT2D eigenvalue weighted by Gasteiger charge is -2.34. The number of quaternary nitrogens is 1. The van der Waals surface area contributed by atoms with E-state index < -0.39 is 0 Å². The van der Waals surface area contributed by atoms with Crippen LogP contribution in [0.15, 0.2) is 38.0 Å². The summed E-state index contributed by atoms with van der Waals surface area (Å²) in [4.78, 5) is 0. The quantitative estimate of drug-likeness (QED) is 0.334. The fraction of sp³-hybridized carbons (Fsp3) is 0.455. The number of hydrogen-bond donors (Lipinski definition) is 0. The van der Waals surface area contributed by atoms with Crippen molar-refractivity contribution in [1.29, 1.82) is 0 Å². The van der Waals surface area contributed by atoms with Crippen molar-refractivity contribution in [1.82, 2.24) is 0 Å². The van der Waals surface area contributed by atoms with Gasteiger partial charge < -0.3 is 28.5 Å². The van der Waals surface area contributed by atoms with Crippen LogP contribution in [0.25, 0.3) is 0 Å². The molecule has 0 aliphatic heterocycles. The highest BCUT2D eigenvalue weighted by atomic mass is 127. The van der Waals surface area contributed by atoms with E-state index in [1.807, 2.05) is 18.2 Å². The van der Waals surface area contributed by atoms with Crippen LogP contribution in [0.4, 0.5) is 0 Å². The van der Waals surface area contributed by atoms with E-state index >= 15 is 0 Å². The van der Waals surface area contributed by atoms with Crippen molar-refractivity contribution in [2.45, 2.75) is 6.92 Å². The Balaban J connectivity index is 0. The standard InChI is InChI=1S/C11H20N.HI/c1-5-9-12(8-4,10-6-2)11-7-3;/h5-7H,1-3,8-11H2,4H3;1H/q+1;/p-1. The fourth-order valence-corrected chi connectivity index (χ4v) is 1.43. The summed E-state index contributed by atoms with van der Waals surface area (Å²) >= 11 is 0. The van der Waals surface area contributed by atoms with E-state index in [9.17, 15) is 0 Å². The number of halogens is 1. The predicted molar refractivity (Wildman–Crippen MR) is 56.0 cm³/mol. The largest absolute Gasteiger partial charge is 1.00 e. The number of rotatable bonds is 7. The van der Waals surface area contributed by atoms with Gasteiger partial charge in [-0.05, 0) is 25.2 Å². The summed E-state index contributed by atoms with van der Waals surface area (Å²) in [5.41, 5.74) is 0. The average molecular weight is 293 g/mol. The van der Waals surface area contributed by atoms with E-state index in [-0.39, 0.29) is 24.0 Å². The maximum absolute atomic E-state index is 3.77. The molecule has 0 saturated heterocycles. The third kappa shape index (κ3) is 5.26. The molecule has 0 unspecified atom stereocenters. The molecule has 0 heterocycles. The Morgan fingerprint density at radius 2 is 1.23 bits per heavy atom. The molecule has 0 amide bonds. The van der Waals surface area contributed by atoms with Crippen LogP contribution >= 0.6 is 0 Å². The topological polar surface area (TPSA) is 0 Å². The molecule has 0 N–H and O–H groups in total. The summed E-state index contributed by atoms with van der Waals surface area (Å²) in [6, 6.07) is 0. The zero-order chi connectivity index (χ0) is 9.45. The molecule has 0 aromatic heterocycles. The summed E-state index contributed by atoms with van der Waals surface area (Å²) in [6.45, 7) is 17.6. The molecule has 76 valence electrons. The lowest BCUT2D eigenvalue weighted by atomic mass is 10.3. The Hall–Kier alpha value is -0.0900. The Bertz CT molecular complexity index is 137. The first-order chi connectivity index (χ1) is 5.74. The lowest BCUT2D eigenvalue weighted by Crippen LogP contribution is -3.00. The van der Waals surface area contributed by atoms with Crippen molar-refractivity contribution in [3.63, 3.8) is 0 Å². The van der Waals surface area contributed by atoms with Crippen molar-refractivity contribution in [2.75, 3.05) is 26.2 Å². The molecular formula is C11H20IN. The zero-order valence-corrected chi connectivity index (χ0v) is 10.7. The van der Waals surface area contributed by atoms with E-state index in [0.29, 0.717) is 0 Å². The van der Waals surface area contributed by atoms with Crippen LogP contribution in [-0.2, 0) is 0 Å². The maximum atomic E-state index is 3.77. The average Bonchev–Trinajstić information content (AvgIpc) is 2.06. The molecule has 0 atom stereocenters. The monoisotopic (exact) mass is 293 g/mol. The van der Waals surface area contributed by atoms with Crippen LogP contribution in [0, 0.1) is 0 Å². The summed E-state index contributed by atoms with van der Waals surface area (Å²) in [7, 11) is 0. The molecule has 1 nitrogen and oxygen atoms in total. The highest BCUT2D eigenvalue weighted by Gasteiger charge is 2.19. The summed E-state index contributed by atoms with van der Waals surface area (Å²) in [5, 5.41) is 0. The SMILES string of the molecule is C=CC[N+](CC)(CC=C)CC=C.[I-].